The van der Waals surface area contributed by atoms with Gasteiger partial charge in [-0.2, -0.15) is 0 Å². The standard InChI is InChI=1S/C49H94NO8P/c1-3-5-7-9-11-13-15-17-19-20-21-22-23-24-25-26-28-30-32-34-36-38-40-42-49(52)58-47(46-57-59(53,54)56-44-43-50)45-55-48(51)41-39-37-35-33-31-29-27-18-16-14-12-10-8-6-4-2/h14,16,18,27,47H,3-13,15,17,19-26,28-46,50H2,1-2H3,(H,53,54)/b16-14+,27-18+/t47-/m1/s1. The molecular weight excluding hydrogens is 762 g/mol. The Morgan fingerprint density at radius 2 is 0.864 bits per heavy atom. The number of ether oxygens (including phenoxy) is 2. The minimum absolute atomic E-state index is 0.0530. The predicted molar refractivity (Wildman–Crippen MR) is 247 cm³/mol. The first-order valence-corrected chi connectivity index (χ1v) is 26.3. The first-order chi connectivity index (χ1) is 28.8. The lowest BCUT2D eigenvalue weighted by Crippen LogP contribution is -2.29. The van der Waals surface area contributed by atoms with Crippen LogP contribution in [0.1, 0.15) is 245 Å². The summed E-state index contributed by atoms with van der Waals surface area (Å²) in [5.41, 5.74) is 5.36. The average molecular weight is 856 g/mol. The van der Waals surface area contributed by atoms with Crippen LogP contribution in [-0.2, 0) is 32.7 Å². The van der Waals surface area contributed by atoms with E-state index in [9.17, 15) is 19.0 Å². The van der Waals surface area contributed by atoms with Crippen molar-refractivity contribution in [3.63, 3.8) is 0 Å². The monoisotopic (exact) mass is 856 g/mol. The van der Waals surface area contributed by atoms with Crippen molar-refractivity contribution in [1.29, 1.82) is 0 Å². The number of hydrogen-bond acceptors (Lipinski definition) is 8. The number of rotatable bonds is 47. The van der Waals surface area contributed by atoms with E-state index in [0.717, 1.165) is 51.4 Å². The smallest absolute Gasteiger partial charge is 0.462 e. The fourth-order valence-corrected chi connectivity index (χ4v) is 7.92. The fraction of sp³-hybridized carbons (Fsp3) is 0.878. The van der Waals surface area contributed by atoms with Gasteiger partial charge in [-0.15, -0.1) is 0 Å². The molecule has 348 valence electrons. The molecular formula is C49H94NO8P. The zero-order valence-corrected chi connectivity index (χ0v) is 39.4. The fourth-order valence-electron chi connectivity index (χ4n) is 7.16. The van der Waals surface area contributed by atoms with Crippen molar-refractivity contribution >= 4 is 19.8 Å². The van der Waals surface area contributed by atoms with Gasteiger partial charge in [0.25, 0.3) is 0 Å². The minimum Gasteiger partial charge on any atom is -0.462 e. The topological polar surface area (TPSA) is 134 Å². The van der Waals surface area contributed by atoms with Crippen LogP contribution >= 0.6 is 7.82 Å². The molecule has 0 saturated carbocycles. The Balaban J connectivity index is 4.02. The summed E-state index contributed by atoms with van der Waals surface area (Å²) in [6.45, 7) is 3.74. The van der Waals surface area contributed by atoms with Crippen molar-refractivity contribution in [3.8, 4) is 0 Å². The molecule has 0 rings (SSSR count). The predicted octanol–water partition coefficient (Wildman–Crippen LogP) is 14.7. The number of carbonyl (C=O) groups excluding carboxylic acids is 2. The van der Waals surface area contributed by atoms with E-state index in [4.69, 9.17) is 24.3 Å². The Labute approximate surface area is 363 Å². The van der Waals surface area contributed by atoms with Crippen LogP contribution < -0.4 is 5.73 Å². The van der Waals surface area contributed by atoms with Crippen molar-refractivity contribution in [1.82, 2.24) is 0 Å². The summed E-state index contributed by atoms with van der Waals surface area (Å²) in [5, 5.41) is 0. The zero-order valence-electron chi connectivity index (χ0n) is 38.5. The van der Waals surface area contributed by atoms with E-state index < -0.39 is 32.5 Å². The highest BCUT2D eigenvalue weighted by Gasteiger charge is 2.26. The molecule has 9 nitrogen and oxygen atoms in total. The molecule has 3 N–H and O–H groups in total. The average Bonchev–Trinajstić information content (AvgIpc) is 3.22. The summed E-state index contributed by atoms with van der Waals surface area (Å²) >= 11 is 0. The van der Waals surface area contributed by atoms with Crippen LogP contribution in [0.5, 0.6) is 0 Å². The Kier molecular flexibility index (Phi) is 44.8. The molecule has 0 radical (unpaired) electrons. The number of carbonyl (C=O) groups is 2. The molecule has 0 aliphatic rings. The third-order valence-electron chi connectivity index (χ3n) is 10.9. The Morgan fingerprint density at radius 1 is 0.508 bits per heavy atom. The van der Waals surface area contributed by atoms with Gasteiger partial charge in [-0.1, -0.05) is 218 Å². The molecule has 0 aliphatic heterocycles. The number of phosphoric acid groups is 1. The molecule has 0 amide bonds. The van der Waals surface area contributed by atoms with E-state index in [1.807, 2.05) is 0 Å². The van der Waals surface area contributed by atoms with Gasteiger partial charge in [0, 0.05) is 19.4 Å². The maximum absolute atomic E-state index is 12.6. The number of phosphoric ester groups is 1. The van der Waals surface area contributed by atoms with Gasteiger partial charge in [-0.05, 0) is 38.5 Å². The minimum atomic E-state index is -4.38. The van der Waals surface area contributed by atoms with Gasteiger partial charge in [-0.25, -0.2) is 4.57 Å². The Hall–Kier alpha value is -1.51. The second-order valence-electron chi connectivity index (χ2n) is 16.7. The summed E-state index contributed by atoms with van der Waals surface area (Å²) in [5.74, 6) is -0.834. The number of nitrogens with two attached hydrogens (primary N) is 1. The van der Waals surface area contributed by atoms with Gasteiger partial charge < -0.3 is 20.1 Å². The third kappa shape index (κ3) is 45.8. The summed E-state index contributed by atoms with van der Waals surface area (Å²) < 4.78 is 32.9. The zero-order chi connectivity index (χ0) is 43.2. The van der Waals surface area contributed by atoms with Gasteiger partial charge in [0.2, 0.25) is 0 Å². The summed E-state index contributed by atoms with van der Waals surface area (Å²) in [6.07, 6.45) is 50.7. The van der Waals surface area contributed by atoms with Crippen LogP contribution in [0.25, 0.3) is 0 Å². The molecule has 0 aromatic rings. The lowest BCUT2D eigenvalue weighted by Gasteiger charge is -2.19. The molecule has 0 fully saturated rings. The van der Waals surface area contributed by atoms with Crippen LogP contribution in [0, 0.1) is 0 Å². The molecule has 0 aliphatic carbocycles. The van der Waals surface area contributed by atoms with Crippen molar-refractivity contribution in [2.45, 2.75) is 251 Å². The highest BCUT2D eigenvalue weighted by Crippen LogP contribution is 2.43. The van der Waals surface area contributed by atoms with Gasteiger partial charge in [0.15, 0.2) is 6.10 Å². The molecule has 0 aromatic carbocycles. The van der Waals surface area contributed by atoms with E-state index in [-0.39, 0.29) is 32.6 Å². The van der Waals surface area contributed by atoms with E-state index in [1.165, 1.54) is 154 Å². The van der Waals surface area contributed by atoms with E-state index in [2.05, 4.69) is 38.2 Å². The summed E-state index contributed by atoms with van der Waals surface area (Å²) in [6, 6.07) is 0. The van der Waals surface area contributed by atoms with Crippen LogP contribution in [0.4, 0.5) is 0 Å². The maximum Gasteiger partial charge on any atom is 0.472 e. The van der Waals surface area contributed by atoms with E-state index in [1.54, 1.807) is 0 Å². The van der Waals surface area contributed by atoms with Crippen molar-refractivity contribution in [2.24, 2.45) is 5.73 Å². The number of esters is 2. The van der Waals surface area contributed by atoms with Gasteiger partial charge in [-0.3, -0.25) is 18.6 Å². The second-order valence-corrected chi connectivity index (χ2v) is 18.2. The lowest BCUT2D eigenvalue weighted by atomic mass is 10.0. The largest absolute Gasteiger partial charge is 0.472 e. The molecule has 10 heteroatoms. The normalized spacial score (nSPS) is 13.4. The highest BCUT2D eigenvalue weighted by molar-refractivity contribution is 7.47. The quantitative estimate of drug-likeness (QED) is 0.0265. The van der Waals surface area contributed by atoms with Crippen LogP contribution in [0.3, 0.4) is 0 Å². The summed E-state index contributed by atoms with van der Waals surface area (Å²) in [4.78, 5) is 35.0. The molecule has 0 bridgehead atoms. The molecule has 59 heavy (non-hydrogen) atoms. The first-order valence-electron chi connectivity index (χ1n) is 24.8. The number of allylic oxidation sites excluding steroid dienone is 4. The highest BCUT2D eigenvalue weighted by atomic mass is 31.2. The molecule has 1 unspecified atom stereocenters. The molecule has 0 saturated heterocycles. The Bertz CT molecular complexity index is 1020. The van der Waals surface area contributed by atoms with Gasteiger partial charge in [0.1, 0.15) is 6.61 Å². The Morgan fingerprint density at radius 3 is 1.27 bits per heavy atom. The van der Waals surface area contributed by atoms with Crippen LogP contribution in [0.2, 0.25) is 0 Å². The van der Waals surface area contributed by atoms with E-state index in [0.29, 0.717) is 12.8 Å². The first kappa shape index (κ1) is 57.5. The molecule has 2 atom stereocenters. The van der Waals surface area contributed by atoms with Gasteiger partial charge >= 0.3 is 19.8 Å². The van der Waals surface area contributed by atoms with Crippen LogP contribution in [-0.4, -0.2) is 49.3 Å². The van der Waals surface area contributed by atoms with Crippen LogP contribution in [0.15, 0.2) is 24.3 Å². The number of hydrogen-bond donors (Lipinski definition) is 2. The summed E-state index contributed by atoms with van der Waals surface area (Å²) in [7, 11) is -4.38. The number of unbranched alkanes of at least 4 members (excludes halogenated alkanes) is 31. The third-order valence-corrected chi connectivity index (χ3v) is 11.9. The maximum atomic E-state index is 12.6. The molecule has 0 heterocycles. The van der Waals surface area contributed by atoms with Crippen molar-refractivity contribution in [3.05, 3.63) is 24.3 Å². The van der Waals surface area contributed by atoms with E-state index >= 15 is 0 Å². The second kappa shape index (κ2) is 46.0. The lowest BCUT2D eigenvalue weighted by molar-refractivity contribution is -0.161. The van der Waals surface area contributed by atoms with Crippen molar-refractivity contribution < 1.29 is 37.6 Å². The SMILES string of the molecule is CCCCCC/C=C/C=C/CCCCCCCC(=O)OC[C@H](COP(=O)(O)OCCN)OC(=O)CCCCCCCCCCCCCCCCCCCCCCCCC. The molecule has 0 aromatic heterocycles. The van der Waals surface area contributed by atoms with Crippen molar-refractivity contribution in [2.75, 3.05) is 26.4 Å². The molecule has 0 spiro atoms. The van der Waals surface area contributed by atoms with Gasteiger partial charge in [0.05, 0.1) is 13.2 Å².